The van der Waals surface area contributed by atoms with Crippen LogP contribution in [-0.2, 0) is 4.79 Å². The SMILES string of the molecule is Cc1cccc(C)c1NC(=O)[C@@H](NC(=O)c1ccccc1O)c1ccc(Cl)cc1Cl. The Morgan fingerprint density at radius 1 is 0.933 bits per heavy atom. The molecule has 0 aliphatic carbocycles. The van der Waals surface area contributed by atoms with E-state index in [4.69, 9.17) is 23.2 Å². The number of aromatic hydroxyl groups is 1. The number of nitrogens with one attached hydrogen (secondary N) is 2. The van der Waals surface area contributed by atoms with Gasteiger partial charge in [0.05, 0.1) is 5.56 Å². The average Bonchev–Trinajstić information content (AvgIpc) is 2.69. The minimum atomic E-state index is -1.11. The molecule has 0 bridgehead atoms. The number of anilines is 1. The molecule has 3 aromatic rings. The summed E-state index contributed by atoms with van der Waals surface area (Å²) in [6.45, 7) is 3.76. The van der Waals surface area contributed by atoms with Crippen molar-refractivity contribution in [3.63, 3.8) is 0 Å². The van der Waals surface area contributed by atoms with Gasteiger partial charge in [-0.2, -0.15) is 0 Å². The van der Waals surface area contributed by atoms with Crippen molar-refractivity contribution in [2.75, 3.05) is 5.32 Å². The van der Waals surface area contributed by atoms with Crippen molar-refractivity contribution in [3.05, 3.63) is 93.0 Å². The molecule has 0 saturated heterocycles. The number of halogens is 2. The number of phenolic OH excluding ortho intramolecular Hbond substituents is 1. The second kappa shape index (κ2) is 9.20. The van der Waals surface area contributed by atoms with Crippen LogP contribution in [0.15, 0.2) is 60.7 Å². The Hall–Kier alpha value is -3.02. The number of hydrogen-bond acceptors (Lipinski definition) is 3. The van der Waals surface area contributed by atoms with Crippen LogP contribution in [0, 0.1) is 13.8 Å². The summed E-state index contributed by atoms with van der Waals surface area (Å²) in [5.74, 6) is -1.27. The summed E-state index contributed by atoms with van der Waals surface area (Å²) in [6.07, 6.45) is 0. The van der Waals surface area contributed by atoms with Gasteiger partial charge in [0.15, 0.2) is 0 Å². The molecule has 30 heavy (non-hydrogen) atoms. The highest BCUT2D eigenvalue weighted by Crippen LogP contribution is 2.29. The molecule has 7 heteroatoms. The molecule has 0 fully saturated rings. The van der Waals surface area contributed by atoms with E-state index in [9.17, 15) is 14.7 Å². The molecule has 0 aliphatic rings. The summed E-state index contributed by atoms with van der Waals surface area (Å²) >= 11 is 12.3. The number of rotatable bonds is 5. The molecule has 0 unspecified atom stereocenters. The molecular formula is C23H20Cl2N2O3. The van der Waals surface area contributed by atoms with Crippen LogP contribution in [0.25, 0.3) is 0 Å². The zero-order valence-electron chi connectivity index (χ0n) is 16.4. The first-order chi connectivity index (χ1) is 14.3. The van der Waals surface area contributed by atoms with Gasteiger partial charge >= 0.3 is 0 Å². The number of hydrogen-bond donors (Lipinski definition) is 3. The van der Waals surface area contributed by atoms with Crippen molar-refractivity contribution in [2.45, 2.75) is 19.9 Å². The lowest BCUT2D eigenvalue weighted by Gasteiger charge is -2.21. The number of carbonyl (C=O) groups excluding carboxylic acids is 2. The summed E-state index contributed by atoms with van der Waals surface area (Å²) in [5.41, 5.74) is 2.86. The molecule has 1 atom stereocenters. The van der Waals surface area contributed by atoms with Crippen molar-refractivity contribution in [1.29, 1.82) is 0 Å². The van der Waals surface area contributed by atoms with Crippen LogP contribution >= 0.6 is 23.2 Å². The Labute approximate surface area is 184 Å². The van der Waals surface area contributed by atoms with Crippen LogP contribution in [0.5, 0.6) is 5.75 Å². The molecule has 0 saturated carbocycles. The van der Waals surface area contributed by atoms with Crippen LogP contribution in [0.2, 0.25) is 10.0 Å². The lowest BCUT2D eigenvalue weighted by atomic mass is 10.0. The van der Waals surface area contributed by atoms with Crippen LogP contribution in [0.3, 0.4) is 0 Å². The van der Waals surface area contributed by atoms with E-state index in [-0.39, 0.29) is 16.3 Å². The molecule has 3 N–H and O–H groups in total. The molecule has 3 rings (SSSR count). The van der Waals surface area contributed by atoms with Gasteiger partial charge in [-0.3, -0.25) is 9.59 Å². The fraction of sp³-hybridized carbons (Fsp3) is 0.130. The second-order valence-corrected chi connectivity index (χ2v) is 7.69. The maximum absolute atomic E-state index is 13.2. The van der Waals surface area contributed by atoms with Gasteiger partial charge in [-0.15, -0.1) is 0 Å². The fourth-order valence-corrected chi connectivity index (χ4v) is 3.62. The zero-order chi connectivity index (χ0) is 21.8. The quantitative estimate of drug-likeness (QED) is 0.493. The lowest BCUT2D eigenvalue weighted by Crippen LogP contribution is -2.37. The summed E-state index contributed by atoms with van der Waals surface area (Å²) in [7, 11) is 0. The summed E-state index contributed by atoms with van der Waals surface area (Å²) in [4.78, 5) is 26.0. The molecule has 5 nitrogen and oxygen atoms in total. The molecular weight excluding hydrogens is 423 g/mol. The van der Waals surface area contributed by atoms with Crippen LogP contribution in [0.1, 0.15) is 33.1 Å². The van der Waals surface area contributed by atoms with E-state index in [1.807, 2.05) is 32.0 Å². The van der Waals surface area contributed by atoms with Gasteiger partial charge in [-0.25, -0.2) is 0 Å². The molecule has 0 aliphatic heterocycles. The summed E-state index contributed by atoms with van der Waals surface area (Å²) < 4.78 is 0. The van der Waals surface area contributed by atoms with E-state index in [0.717, 1.165) is 11.1 Å². The smallest absolute Gasteiger partial charge is 0.255 e. The minimum absolute atomic E-state index is 0.0486. The predicted octanol–water partition coefficient (Wildman–Crippen LogP) is 5.43. The summed E-state index contributed by atoms with van der Waals surface area (Å²) in [6, 6.07) is 15.3. The monoisotopic (exact) mass is 442 g/mol. The highest BCUT2D eigenvalue weighted by Gasteiger charge is 2.27. The van der Waals surface area contributed by atoms with E-state index in [1.54, 1.807) is 24.3 Å². The standard InChI is InChI=1S/C23H20Cl2N2O3/c1-13-6-5-7-14(2)20(13)26-23(30)21(16-11-10-15(24)12-18(16)25)27-22(29)17-8-3-4-9-19(17)28/h3-12,21,28H,1-2H3,(H,26,30)(H,27,29)/t21-/m0/s1. The van der Waals surface area contributed by atoms with Crippen LogP contribution in [0.4, 0.5) is 5.69 Å². The van der Waals surface area contributed by atoms with Gasteiger partial charge in [-0.1, -0.05) is 59.6 Å². The van der Waals surface area contributed by atoms with E-state index >= 15 is 0 Å². The summed E-state index contributed by atoms with van der Waals surface area (Å²) in [5, 5.41) is 16.2. The molecule has 154 valence electrons. The Morgan fingerprint density at radius 2 is 1.60 bits per heavy atom. The van der Waals surface area contributed by atoms with Gasteiger partial charge in [-0.05, 0) is 49.2 Å². The normalized spacial score (nSPS) is 11.6. The highest BCUT2D eigenvalue weighted by atomic mass is 35.5. The first kappa shape index (κ1) is 21.7. The number of carbonyl (C=O) groups is 2. The largest absolute Gasteiger partial charge is 0.507 e. The van der Waals surface area contributed by atoms with Crippen molar-refractivity contribution < 1.29 is 14.7 Å². The molecule has 0 spiro atoms. The highest BCUT2D eigenvalue weighted by molar-refractivity contribution is 6.35. The van der Waals surface area contributed by atoms with Crippen molar-refractivity contribution in [3.8, 4) is 5.75 Å². The zero-order valence-corrected chi connectivity index (χ0v) is 17.9. The van der Waals surface area contributed by atoms with E-state index in [0.29, 0.717) is 16.3 Å². The van der Waals surface area contributed by atoms with Crippen LogP contribution in [-0.4, -0.2) is 16.9 Å². The fourth-order valence-electron chi connectivity index (χ4n) is 3.10. The number of benzene rings is 3. The average molecular weight is 443 g/mol. The maximum Gasteiger partial charge on any atom is 0.255 e. The van der Waals surface area contributed by atoms with Crippen LogP contribution < -0.4 is 10.6 Å². The number of amides is 2. The molecule has 0 radical (unpaired) electrons. The number of para-hydroxylation sites is 2. The second-order valence-electron chi connectivity index (χ2n) is 6.85. The predicted molar refractivity (Wildman–Crippen MR) is 119 cm³/mol. The Balaban J connectivity index is 1.98. The first-order valence-corrected chi connectivity index (χ1v) is 9.94. The van der Waals surface area contributed by atoms with Crippen molar-refractivity contribution in [2.24, 2.45) is 0 Å². The van der Waals surface area contributed by atoms with Gasteiger partial charge in [0, 0.05) is 21.3 Å². The van der Waals surface area contributed by atoms with Gasteiger partial charge in [0.2, 0.25) is 0 Å². The lowest BCUT2D eigenvalue weighted by molar-refractivity contribution is -0.118. The Bertz CT molecular complexity index is 1100. The van der Waals surface area contributed by atoms with E-state index in [2.05, 4.69) is 10.6 Å². The molecule has 2 amide bonds. The van der Waals surface area contributed by atoms with Gasteiger partial charge in [0.25, 0.3) is 11.8 Å². The van der Waals surface area contributed by atoms with Gasteiger partial charge in [0.1, 0.15) is 11.8 Å². The Kier molecular flexibility index (Phi) is 6.65. The minimum Gasteiger partial charge on any atom is -0.507 e. The molecule has 0 aromatic heterocycles. The Morgan fingerprint density at radius 3 is 2.23 bits per heavy atom. The topological polar surface area (TPSA) is 78.4 Å². The van der Waals surface area contributed by atoms with E-state index < -0.39 is 17.9 Å². The maximum atomic E-state index is 13.2. The molecule has 0 heterocycles. The third kappa shape index (κ3) is 4.75. The van der Waals surface area contributed by atoms with Crippen molar-refractivity contribution in [1.82, 2.24) is 5.32 Å². The molecule has 3 aromatic carbocycles. The van der Waals surface area contributed by atoms with Crippen molar-refractivity contribution >= 4 is 40.7 Å². The number of aryl methyl sites for hydroxylation is 2. The van der Waals surface area contributed by atoms with E-state index in [1.165, 1.54) is 18.2 Å². The number of phenols is 1. The third-order valence-corrected chi connectivity index (χ3v) is 5.25. The third-order valence-electron chi connectivity index (χ3n) is 4.69. The van der Waals surface area contributed by atoms with Gasteiger partial charge < -0.3 is 15.7 Å². The first-order valence-electron chi connectivity index (χ1n) is 9.19.